The summed E-state index contributed by atoms with van der Waals surface area (Å²) in [6.45, 7) is 5.63. The SMILES string of the molecule is CCCCCCCCCCCCCNCC(C)OC(=O)c1ccc([N+](=O)[O-])cc1. The highest BCUT2D eigenvalue weighted by atomic mass is 16.6. The summed E-state index contributed by atoms with van der Waals surface area (Å²) >= 11 is 0. The second kappa shape index (κ2) is 15.9. The zero-order chi connectivity index (χ0) is 21.3. The molecule has 0 aromatic heterocycles. The van der Waals surface area contributed by atoms with Gasteiger partial charge in [0, 0.05) is 18.7 Å². The third-order valence-corrected chi connectivity index (χ3v) is 5.01. The second-order valence-corrected chi connectivity index (χ2v) is 7.76. The number of nitro groups is 1. The molecule has 0 aliphatic heterocycles. The van der Waals surface area contributed by atoms with Crippen LogP contribution in [0.1, 0.15) is 94.8 Å². The molecule has 1 unspecified atom stereocenters. The van der Waals surface area contributed by atoms with Crippen LogP contribution < -0.4 is 5.32 Å². The summed E-state index contributed by atoms with van der Waals surface area (Å²) in [6, 6.07) is 5.47. The van der Waals surface area contributed by atoms with Crippen LogP contribution in [-0.4, -0.2) is 30.1 Å². The van der Waals surface area contributed by atoms with Crippen LogP contribution in [0.15, 0.2) is 24.3 Å². The monoisotopic (exact) mass is 406 g/mol. The molecule has 0 heterocycles. The molecular formula is C23H38N2O4. The highest BCUT2D eigenvalue weighted by Crippen LogP contribution is 2.13. The molecule has 0 radical (unpaired) electrons. The Morgan fingerprint density at radius 1 is 0.966 bits per heavy atom. The van der Waals surface area contributed by atoms with E-state index in [4.69, 9.17) is 4.74 Å². The summed E-state index contributed by atoms with van der Waals surface area (Å²) in [5.74, 6) is -0.455. The van der Waals surface area contributed by atoms with Crippen LogP contribution in [0, 0.1) is 10.1 Å². The molecule has 1 rings (SSSR count). The Balaban J connectivity index is 1.99. The van der Waals surface area contributed by atoms with Gasteiger partial charge in [0.15, 0.2) is 0 Å². The van der Waals surface area contributed by atoms with Crippen LogP contribution in [0.25, 0.3) is 0 Å². The number of benzene rings is 1. The minimum absolute atomic E-state index is 0.0387. The van der Waals surface area contributed by atoms with E-state index >= 15 is 0 Å². The number of nitro benzene ring substituents is 1. The van der Waals surface area contributed by atoms with Gasteiger partial charge in [0.1, 0.15) is 6.10 Å². The molecule has 0 aliphatic rings. The standard InChI is InChI=1S/C23H38N2O4/c1-3-4-5-6-7-8-9-10-11-12-13-18-24-19-20(2)29-23(26)21-14-16-22(17-15-21)25(27)28/h14-17,20,24H,3-13,18-19H2,1-2H3. The summed E-state index contributed by atoms with van der Waals surface area (Å²) in [5, 5.41) is 14.0. The van der Waals surface area contributed by atoms with E-state index in [1.165, 1.54) is 88.5 Å². The Kier molecular flexibility index (Phi) is 13.8. The van der Waals surface area contributed by atoms with Crippen LogP contribution in [0.4, 0.5) is 5.69 Å². The van der Waals surface area contributed by atoms with Crippen molar-refractivity contribution in [2.45, 2.75) is 90.6 Å². The third kappa shape index (κ3) is 12.3. The maximum Gasteiger partial charge on any atom is 0.338 e. The fourth-order valence-electron chi connectivity index (χ4n) is 3.23. The molecule has 164 valence electrons. The molecular weight excluding hydrogens is 368 g/mol. The van der Waals surface area contributed by atoms with Gasteiger partial charge >= 0.3 is 5.97 Å². The van der Waals surface area contributed by atoms with E-state index in [1.54, 1.807) is 0 Å². The van der Waals surface area contributed by atoms with Gasteiger partial charge in [-0.15, -0.1) is 0 Å². The largest absolute Gasteiger partial charge is 0.458 e. The summed E-state index contributed by atoms with van der Waals surface area (Å²) in [5.41, 5.74) is 0.288. The number of ether oxygens (including phenoxy) is 1. The third-order valence-electron chi connectivity index (χ3n) is 5.01. The van der Waals surface area contributed by atoms with E-state index in [2.05, 4.69) is 12.2 Å². The topological polar surface area (TPSA) is 81.5 Å². The zero-order valence-corrected chi connectivity index (χ0v) is 18.2. The summed E-state index contributed by atoms with van der Waals surface area (Å²) in [4.78, 5) is 22.2. The van der Waals surface area contributed by atoms with Crippen molar-refractivity contribution in [2.75, 3.05) is 13.1 Å². The molecule has 0 bridgehead atoms. The van der Waals surface area contributed by atoms with Crippen molar-refractivity contribution < 1.29 is 14.5 Å². The molecule has 0 saturated heterocycles. The maximum atomic E-state index is 12.1. The Morgan fingerprint density at radius 2 is 1.48 bits per heavy atom. The van der Waals surface area contributed by atoms with E-state index < -0.39 is 10.9 Å². The number of hydrogen-bond acceptors (Lipinski definition) is 5. The number of nitrogens with zero attached hydrogens (tertiary/aromatic N) is 1. The molecule has 1 atom stereocenters. The molecule has 0 fully saturated rings. The van der Waals surface area contributed by atoms with Gasteiger partial charge in [-0.2, -0.15) is 0 Å². The van der Waals surface area contributed by atoms with Crippen LogP contribution in [0.2, 0.25) is 0 Å². The molecule has 29 heavy (non-hydrogen) atoms. The fraction of sp³-hybridized carbons (Fsp3) is 0.696. The summed E-state index contributed by atoms with van der Waals surface area (Å²) in [7, 11) is 0. The Morgan fingerprint density at radius 3 is 2.00 bits per heavy atom. The molecule has 1 N–H and O–H groups in total. The smallest absolute Gasteiger partial charge is 0.338 e. The van der Waals surface area contributed by atoms with Gasteiger partial charge in [-0.05, 0) is 32.0 Å². The maximum absolute atomic E-state index is 12.1. The lowest BCUT2D eigenvalue weighted by molar-refractivity contribution is -0.384. The molecule has 0 aliphatic carbocycles. The first-order chi connectivity index (χ1) is 14.0. The molecule has 6 nitrogen and oxygen atoms in total. The molecule has 6 heteroatoms. The van der Waals surface area contributed by atoms with Crippen LogP contribution >= 0.6 is 0 Å². The number of hydrogen-bond donors (Lipinski definition) is 1. The van der Waals surface area contributed by atoms with Crippen molar-refractivity contribution in [1.29, 1.82) is 0 Å². The van der Waals surface area contributed by atoms with Gasteiger partial charge in [-0.25, -0.2) is 4.79 Å². The number of esters is 1. The molecule has 1 aromatic rings. The van der Waals surface area contributed by atoms with Crippen molar-refractivity contribution in [3.63, 3.8) is 0 Å². The highest BCUT2D eigenvalue weighted by molar-refractivity contribution is 5.89. The van der Waals surface area contributed by atoms with Crippen molar-refractivity contribution in [1.82, 2.24) is 5.32 Å². The lowest BCUT2D eigenvalue weighted by atomic mass is 10.1. The lowest BCUT2D eigenvalue weighted by Crippen LogP contribution is -2.29. The van der Waals surface area contributed by atoms with Gasteiger partial charge in [0.25, 0.3) is 5.69 Å². The van der Waals surface area contributed by atoms with Gasteiger partial charge in [-0.3, -0.25) is 10.1 Å². The second-order valence-electron chi connectivity index (χ2n) is 7.76. The van der Waals surface area contributed by atoms with Crippen LogP contribution in [-0.2, 0) is 4.74 Å². The summed E-state index contributed by atoms with van der Waals surface area (Å²) in [6.07, 6.45) is 14.3. The first kappa shape index (κ1) is 25.1. The van der Waals surface area contributed by atoms with E-state index in [0.717, 1.165) is 13.0 Å². The van der Waals surface area contributed by atoms with Gasteiger partial charge < -0.3 is 10.1 Å². The number of carbonyl (C=O) groups excluding carboxylic acids is 1. The minimum Gasteiger partial charge on any atom is -0.458 e. The van der Waals surface area contributed by atoms with Crippen LogP contribution in [0.3, 0.4) is 0 Å². The van der Waals surface area contributed by atoms with Crippen molar-refractivity contribution in [3.05, 3.63) is 39.9 Å². The molecule has 0 amide bonds. The average molecular weight is 407 g/mol. The first-order valence-electron chi connectivity index (χ1n) is 11.2. The predicted octanol–water partition coefficient (Wildman–Crippen LogP) is 6.04. The van der Waals surface area contributed by atoms with E-state index in [-0.39, 0.29) is 11.8 Å². The number of rotatable bonds is 17. The lowest BCUT2D eigenvalue weighted by Gasteiger charge is -2.14. The van der Waals surface area contributed by atoms with Gasteiger partial charge in [0.2, 0.25) is 0 Å². The first-order valence-corrected chi connectivity index (χ1v) is 11.2. The Bertz CT molecular complexity index is 575. The normalized spacial score (nSPS) is 11.9. The number of nitrogens with one attached hydrogen (secondary N) is 1. The Hall–Kier alpha value is -1.95. The number of non-ortho nitro benzene ring substituents is 1. The van der Waals surface area contributed by atoms with Crippen molar-refractivity contribution >= 4 is 11.7 Å². The predicted molar refractivity (Wildman–Crippen MR) is 117 cm³/mol. The summed E-state index contributed by atoms with van der Waals surface area (Å²) < 4.78 is 5.37. The zero-order valence-electron chi connectivity index (χ0n) is 18.2. The Labute approximate surface area is 175 Å². The quantitative estimate of drug-likeness (QED) is 0.148. The van der Waals surface area contributed by atoms with E-state index in [0.29, 0.717) is 12.1 Å². The van der Waals surface area contributed by atoms with Crippen LogP contribution in [0.5, 0.6) is 0 Å². The average Bonchev–Trinajstić information content (AvgIpc) is 2.71. The highest BCUT2D eigenvalue weighted by Gasteiger charge is 2.13. The van der Waals surface area contributed by atoms with Crippen molar-refractivity contribution in [3.8, 4) is 0 Å². The fourth-order valence-corrected chi connectivity index (χ4v) is 3.23. The van der Waals surface area contributed by atoms with Crippen molar-refractivity contribution in [2.24, 2.45) is 0 Å². The van der Waals surface area contributed by atoms with Gasteiger partial charge in [-0.1, -0.05) is 71.1 Å². The number of carbonyl (C=O) groups is 1. The molecule has 0 spiro atoms. The molecule has 0 saturated carbocycles. The minimum atomic E-state index is -0.490. The number of unbranched alkanes of at least 4 members (excludes halogenated alkanes) is 10. The van der Waals surface area contributed by atoms with Gasteiger partial charge in [0.05, 0.1) is 10.5 Å². The molecule has 1 aromatic carbocycles. The van der Waals surface area contributed by atoms with E-state index in [9.17, 15) is 14.9 Å². The van der Waals surface area contributed by atoms with E-state index in [1.807, 2.05) is 6.92 Å².